The predicted molar refractivity (Wildman–Crippen MR) is 123 cm³/mol. The number of hydrogen-bond donors (Lipinski definition) is 1. The maximum absolute atomic E-state index is 12.3. The lowest BCUT2D eigenvalue weighted by Crippen LogP contribution is -2.42. The lowest BCUT2D eigenvalue weighted by atomic mass is 10.0. The van der Waals surface area contributed by atoms with Gasteiger partial charge in [-0.05, 0) is 68.4 Å². The lowest BCUT2D eigenvalue weighted by Gasteiger charge is -2.32. The summed E-state index contributed by atoms with van der Waals surface area (Å²) in [5.74, 6) is 3.41. The van der Waals surface area contributed by atoms with Gasteiger partial charge in [0, 0.05) is 30.2 Å². The van der Waals surface area contributed by atoms with Crippen LogP contribution < -0.4 is 5.32 Å². The zero-order valence-corrected chi connectivity index (χ0v) is 19.5. The fourth-order valence-corrected chi connectivity index (χ4v) is 6.47. The second-order valence-corrected chi connectivity index (χ2v) is 11.9. The molecular formula is C22H31N3O2S2. The van der Waals surface area contributed by atoms with Gasteiger partial charge < -0.3 is 10.1 Å². The number of nitrogens with one attached hydrogen (secondary N) is 1. The minimum atomic E-state index is -0.504. The van der Waals surface area contributed by atoms with Gasteiger partial charge in [0.1, 0.15) is 5.60 Å². The topological polar surface area (TPSA) is 64.1 Å². The zero-order valence-electron chi connectivity index (χ0n) is 17.9. The van der Waals surface area contributed by atoms with Crippen LogP contribution in [0.25, 0.3) is 11.0 Å². The summed E-state index contributed by atoms with van der Waals surface area (Å²) in [6.07, 6.45) is 2.18. The monoisotopic (exact) mass is 433 g/mol. The van der Waals surface area contributed by atoms with Crippen molar-refractivity contribution in [3.05, 3.63) is 36.2 Å². The SMILES string of the molecule is CC1CSC(CNC(=O)OC(C)(C)C)(Cc2ccc3cccnc3n2)SCC1C. The first-order valence-electron chi connectivity index (χ1n) is 10.1. The molecule has 7 heteroatoms. The molecule has 1 amide bonds. The first-order chi connectivity index (χ1) is 13.7. The molecule has 1 aliphatic heterocycles. The van der Waals surface area contributed by atoms with Crippen LogP contribution >= 0.6 is 23.5 Å². The Morgan fingerprint density at radius 2 is 1.90 bits per heavy atom. The number of thioether (sulfide) groups is 2. The third-order valence-corrected chi connectivity index (χ3v) is 8.78. The molecule has 158 valence electrons. The number of amides is 1. The van der Waals surface area contributed by atoms with Crippen molar-refractivity contribution in [2.45, 2.75) is 50.7 Å². The molecule has 2 atom stereocenters. The Kier molecular flexibility index (Phi) is 6.99. The number of pyridine rings is 2. The smallest absolute Gasteiger partial charge is 0.407 e. The van der Waals surface area contributed by atoms with Crippen molar-refractivity contribution in [2.24, 2.45) is 11.8 Å². The van der Waals surface area contributed by atoms with Gasteiger partial charge in [-0.15, -0.1) is 23.5 Å². The van der Waals surface area contributed by atoms with Crippen molar-refractivity contribution in [3.63, 3.8) is 0 Å². The number of nitrogens with zero attached hydrogens (tertiary/aromatic N) is 2. The van der Waals surface area contributed by atoms with Gasteiger partial charge in [0.05, 0.1) is 4.08 Å². The number of carbonyl (C=O) groups excluding carboxylic acids is 1. The average Bonchev–Trinajstić information content (AvgIpc) is 2.79. The number of fused-ring (bicyclic) bond motifs is 1. The number of rotatable bonds is 4. The standard InChI is InChI=1S/C22H31N3O2S2/c1-15-12-28-22(29-13-16(15)2,14-24-20(26)27-21(3,4)5)11-18-9-8-17-7-6-10-23-19(17)25-18/h6-10,15-16H,11-14H2,1-5H3,(H,24,26). The Balaban J connectivity index is 1.80. The molecule has 0 radical (unpaired) electrons. The van der Waals surface area contributed by atoms with E-state index in [-0.39, 0.29) is 10.2 Å². The Labute approximate surface area is 182 Å². The minimum absolute atomic E-state index is 0.175. The van der Waals surface area contributed by atoms with Crippen molar-refractivity contribution in [1.82, 2.24) is 15.3 Å². The van der Waals surface area contributed by atoms with Crippen LogP contribution in [0.2, 0.25) is 0 Å². The summed E-state index contributed by atoms with van der Waals surface area (Å²) < 4.78 is 5.29. The summed E-state index contributed by atoms with van der Waals surface area (Å²) in [5, 5.41) is 4.06. The van der Waals surface area contributed by atoms with Gasteiger partial charge in [0.2, 0.25) is 0 Å². The molecule has 1 saturated heterocycles. The van der Waals surface area contributed by atoms with Crippen LogP contribution in [0.15, 0.2) is 30.5 Å². The molecule has 0 saturated carbocycles. The van der Waals surface area contributed by atoms with E-state index in [4.69, 9.17) is 9.72 Å². The number of hydrogen-bond acceptors (Lipinski definition) is 6. The largest absolute Gasteiger partial charge is 0.444 e. The molecule has 0 aromatic carbocycles. The van der Waals surface area contributed by atoms with Crippen molar-refractivity contribution >= 4 is 40.7 Å². The molecular weight excluding hydrogens is 402 g/mol. The van der Waals surface area contributed by atoms with Crippen LogP contribution in [-0.2, 0) is 11.2 Å². The maximum Gasteiger partial charge on any atom is 0.407 e. The van der Waals surface area contributed by atoms with E-state index in [0.717, 1.165) is 34.7 Å². The minimum Gasteiger partial charge on any atom is -0.444 e. The predicted octanol–water partition coefficient (Wildman–Crippen LogP) is 5.15. The summed E-state index contributed by atoms with van der Waals surface area (Å²) in [6, 6.07) is 8.11. The molecule has 0 aliphatic carbocycles. The second-order valence-electron chi connectivity index (χ2n) is 8.87. The second kappa shape index (κ2) is 9.13. The molecule has 2 unspecified atom stereocenters. The van der Waals surface area contributed by atoms with E-state index in [1.807, 2.05) is 56.4 Å². The molecule has 1 fully saturated rings. The van der Waals surface area contributed by atoms with Crippen LogP contribution in [0.1, 0.15) is 40.3 Å². The Morgan fingerprint density at radius 3 is 2.55 bits per heavy atom. The average molecular weight is 434 g/mol. The van der Waals surface area contributed by atoms with E-state index in [0.29, 0.717) is 18.4 Å². The Morgan fingerprint density at radius 1 is 1.21 bits per heavy atom. The van der Waals surface area contributed by atoms with Crippen molar-refractivity contribution in [2.75, 3.05) is 18.1 Å². The van der Waals surface area contributed by atoms with Gasteiger partial charge in [0.25, 0.3) is 0 Å². The van der Waals surface area contributed by atoms with Crippen molar-refractivity contribution in [1.29, 1.82) is 0 Å². The summed E-state index contributed by atoms with van der Waals surface area (Å²) >= 11 is 3.87. The Bertz CT molecular complexity index is 841. The highest BCUT2D eigenvalue weighted by Crippen LogP contribution is 2.45. The highest BCUT2D eigenvalue weighted by Gasteiger charge is 2.37. The molecule has 0 spiro atoms. The van der Waals surface area contributed by atoms with E-state index < -0.39 is 5.60 Å². The molecule has 3 rings (SSSR count). The molecule has 1 N–H and O–H groups in total. The molecule has 0 bridgehead atoms. The van der Waals surface area contributed by atoms with Gasteiger partial charge in [-0.1, -0.05) is 13.8 Å². The normalized spacial score (nSPS) is 25.4. The van der Waals surface area contributed by atoms with Gasteiger partial charge in [-0.3, -0.25) is 0 Å². The van der Waals surface area contributed by atoms with E-state index in [1.54, 1.807) is 6.20 Å². The maximum atomic E-state index is 12.3. The summed E-state index contributed by atoms with van der Waals surface area (Å²) in [7, 11) is 0. The van der Waals surface area contributed by atoms with E-state index in [9.17, 15) is 4.79 Å². The summed E-state index contributed by atoms with van der Waals surface area (Å²) in [4.78, 5) is 21.5. The van der Waals surface area contributed by atoms with Crippen LogP contribution in [0.3, 0.4) is 0 Å². The molecule has 2 aromatic rings. The van der Waals surface area contributed by atoms with Crippen LogP contribution in [0.4, 0.5) is 4.79 Å². The number of alkyl carbamates (subject to hydrolysis) is 1. The van der Waals surface area contributed by atoms with Gasteiger partial charge in [-0.25, -0.2) is 14.8 Å². The van der Waals surface area contributed by atoms with E-state index >= 15 is 0 Å². The summed E-state index contributed by atoms with van der Waals surface area (Å²) in [6.45, 7) is 10.8. The summed E-state index contributed by atoms with van der Waals surface area (Å²) in [5.41, 5.74) is 1.27. The van der Waals surface area contributed by atoms with Crippen LogP contribution in [0, 0.1) is 11.8 Å². The van der Waals surface area contributed by atoms with Crippen LogP contribution in [-0.4, -0.2) is 43.8 Å². The highest BCUT2D eigenvalue weighted by molar-refractivity contribution is 8.18. The number of carbonyl (C=O) groups is 1. The van der Waals surface area contributed by atoms with E-state index in [1.165, 1.54) is 0 Å². The fraction of sp³-hybridized carbons (Fsp3) is 0.591. The molecule has 29 heavy (non-hydrogen) atoms. The van der Waals surface area contributed by atoms with Gasteiger partial charge in [0.15, 0.2) is 5.65 Å². The molecule has 5 nitrogen and oxygen atoms in total. The quantitative estimate of drug-likeness (QED) is 0.720. The molecule has 3 heterocycles. The highest BCUT2D eigenvalue weighted by atomic mass is 32.2. The number of ether oxygens (including phenoxy) is 1. The zero-order chi connectivity index (χ0) is 21.1. The third-order valence-electron chi connectivity index (χ3n) is 5.06. The molecule has 1 aliphatic rings. The van der Waals surface area contributed by atoms with Gasteiger partial charge >= 0.3 is 6.09 Å². The first-order valence-corrected chi connectivity index (χ1v) is 12.1. The first kappa shape index (κ1) is 22.2. The Hall–Kier alpha value is -1.47. The number of aromatic nitrogens is 2. The van der Waals surface area contributed by atoms with Crippen molar-refractivity contribution in [3.8, 4) is 0 Å². The molecule has 2 aromatic heterocycles. The van der Waals surface area contributed by atoms with Crippen LogP contribution in [0.5, 0.6) is 0 Å². The van der Waals surface area contributed by atoms with Crippen molar-refractivity contribution < 1.29 is 9.53 Å². The van der Waals surface area contributed by atoms with E-state index in [2.05, 4.69) is 36.3 Å². The fourth-order valence-electron chi connectivity index (χ4n) is 3.09. The lowest BCUT2D eigenvalue weighted by molar-refractivity contribution is 0.0526. The van der Waals surface area contributed by atoms with Gasteiger partial charge in [-0.2, -0.15) is 0 Å². The third kappa shape index (κ3) is 6.25.